The Balaban J connectivity index is 1.68. The number of azide groups is 1. The first kappa shape index (κ1) is 21.1. The molecule has 29 heavy (non-hydrogen) atoms. The lowest BCUT2D eigenvalue weighted by molar-refractivity contribution is -0.152. The Morgan fingerprint density at radius 3 is 2.45 bits per heavy atom. The van der Waals surface area contributed by atoms with Gasteiger partial charge in [-0.1, -0.05) is 47.6 Å². The Hall–Kier alpha value is -2.57. The van der Waals surface area contributed by atoms with Gasteiger partial charge in [0.25, 0.3) is 0 Å². The van der Waals surface area contributed by atoms with Gasteiger partial charge in [0.15, 0.2) is 5.79 Å². The number of hydrogen-bond acceptors (Lipinski definition) is 5. The molecule has 0 bridgehead atoms. The number of methoxy groups -OCH3 is 1. The van der Waals surface area contributed by atoms with Crippen molar-refractivity contribution in [2.24, 2.45) is 5.11 Å². The van der Waals surface area contributed by atoms with Gasteiger partial charge in [-0.25, -0.2) is 0 Å². The first-order chi connectivity index (χ1) is 14.0. The summed E-state index contributed by atoms with van der Waals surface area (Å²) in [5.41, 5.74) is 11.2. The van der Waals surface area contributed by atoms with Gasteiger partial charge < -0.3 is 18.9 Å². The standard InChI is InChI=1S/C22H27N3O4/c1-22(2)28-20(15-27-14-17-7-5-4-6-8-17)21(29-22)19(24-25-23)13-16-9-11-18(26-3)12-10-16/h4-12,19-21H,13-15H2,1-3H3/t19-,20+,21+/m0/s1. The number of rotatable bonds is 9. The molecular formula is C22H27N3O4. The second kappa shape index (κ2) is 9.76. The van der Waals surface area contributed by atoms with Crippen molar-refractivity contribution in [1.29, 1.82) is 0 Å². The number of benzene rings is 2. The maximum atomic E-state index is 9.11. The highest BCUT2D eigenvalue weighted by molar-refractivity contribution is 5.28. The van der Waals surface area contributed by atoms with Crippen LogP contribution in [0.25, 0.3) is 10.4 Å². The average molecular weight is 397 g/mol. The lowest BCUT2D eigenvalue weighted by Crippen LogP contribution is -2.38. The summed E-state index contributed by atoms with van der Waals surface area (Å²) < 4.78 is 23.2. The quantitative estimate of drug-likeness (QED) is 0.350. The van der Waals surface area contributed by atoms with Crippen LogP contribution in [0, 0.1) is 0 Å². The van der Waals surface area contributed by atoms with E-state index in [1.165, 1.54) is 0 Å². The van der Waals surface area contributed by atoms with Crippen LogP contribution in [0.15, 0.2) is 59.7 Å². The molecule has 1 fully saturated rings. The van der Waals surface area contributed by atoms with Crippen molar-refractivity contribution >= 4 is 0 Å². The zero-order valence-electron chi connectivity index (χ0n) is 17.0. The fourth-order valence-corrected chi connectivity index (χ4v) is 3.48. The van der Waals surface area contributed by atoms with Crippen LogP contribution < -0.4 is 4.74 Å². The third-order valence-electron chi connectivity index (χ3n) is 4.80. The molecule has 0 aliphatic carbocycles. The lowest BCUT2D eigenvalue weighted by Gasteiger charge is -2.23. The molecule has 1 heterocycles. The minimum absolute atomic E-state index is 0.331. The van der Waals surface area contributed by atoms with Gasteiger partial charge in [0.1, 0.15) is 11.9 Å². The minimum atomic E-state index is -0.769. The molecular weight excluding hydrogens is 370 g/mol. The smallest absolute Gasteiger partial charge is 0.163 e. The van der Waals surface area contributed by atoms with Crippen LogP contribution in [0.4, 0.5) is 0 Å². The molecule has 7 heteroatoms. The highest BCUT2D eigenvalue weighted by Crippen LogP contribution is 2.32. The Morgan fingerprint density at radius 1 is 1.07 bits per heavy atom. The molecule has 2 aromatic rings. The van der Waals surface area contributed by atoms with Gasteiger partial charge in [-0.2, -0.15) is 0 Å². The van der Waals surface area contributed by atoms with E-state index in [1.54, 1.807) is 7.11 Å². The molecule has 3 rings (SSSR count). The summed E-state index contributed by atoms with van der Waals surface area (Å²) in [5, 5.41) is 4.01. The van der Waals surface area contributed by atoms with Crippen molar-refractivity contribution in [2.45, 2.75) is 50.9 Å². The summed E-state index contributed by atoms with van der Waals surface area (Å²) in [4.78, 5) is 3.04. The van der Waals surface area contributed by atoms with Crippen molar-refractivity contribution in [1.82, 2.24) is 0 Å². The first-order valence-electron chi connectivity index (χ1n) is 9.65. The van der Waals surface area contributed by atoms with Crippen molar-refractivity contribution in [3.05, 3.63) is 76.2 Å². The van der Waals surface area contributed by atoms with Gasteiger partial charge in [0.05, 0.1) is 32.5 Å². The van der Waals surface area contributed by atoms with Crippen LogP contribution in [0.5, 0.6) is 5.75 Å². The Labute approximate surface area is 171 Å². The first-order valence-corrected chi connectivity index (χ1v) is 9.65. The molecule has 0 unspecified atom stereocenters. The molecule has 154 valence electrons. The Morgan fingerprint density at radius 2 is 1.79 bits per heavy atom. The van der Waals surface area contributed by atoms with Crippen molar-refractivity contribution in [2.75, 3.05) is 13.7 Å². The molecule has 3 atom stereocenters. The highest BCUT2D eigenvalue weighted by atomic mass is 16.8. The van der Waals surface area contributed by atoms with Gasteiger partial charge in [0, 0.05) is 4.91 Å². The van der Waals surface area contributed by atoms with Crippen LogP contribution in [0.2, 0.25) is 0 Å². The number of nitrogens with zero attached hydrogens (tertiary/aromatic N) is 3. The van der Waals surface area contributed by atoms with Gasteiger partial charge in [-0.3, -0.25) is 0 Å². The SMILES string of the molecule is COc1ccc(C[C@H](N=[N+]=[N-])[C@H]2OC(C)(C)O[C@@H]2COCc2ccccc2)cc1. The molecule has 0 N–H and O–H groups in total. The zero-order chi connectivity index (χ0) is 20.7. The fraction of sp³-hybridized carbons (Fsp3) is 0.455. The summed E-state index contributed by atoms with van der Waals surface area (Å²) >= 11 is 0. The predicted molar refractivity (Wildman–Crippen MR) is 110 cm³/mol. The third-order valence-corrected chi connectivity index (χ3v) is 4.80. The van der Waals surface area contributed by atoms with Gasteiger partial charge in [0.2, 0.25) is 0 Å². The van der Waals surface area contributed by atoms with E-state index in [0.29, 0.717) is 19.6 Å². The van der Waals surface area contributed by atoms with Crippen molar-refractivity contribution in [3.8, 4) is 5.75 Å². The summed E-state index contributed by atoms with van der Waals surface area (Å²) in [6.07, 6.45) is -0.200. The van der Waals surface area contributed by atoms with E-state index in [-0.39, 0.29) is 6.10 Å². The van der Waals surface area contributed by atoms with Gasteiger partial charge in [-0.05, 0) is 49.1 Å². The molecule has 1 aliphatic heterocycles. The second-order valence-electron chi connectivity index (χ2n) is 7.46. The van der Waals surface area contributed by atoms with E-state index < -0.39 is 17.9 Å². The van der Waals surface area contributed by atoms with Crippen LogP contribution in [0.1, 0.15) is 25.0 Å². The summed E-state index contributed by atoms with van der Waals surface area (Å²) in [6, 6.07) is 17.2. The number of hydrogen-bond donors (Lipinski definition) is 0. The molecule has 2 aromatic carbocycles. The maximum absolute atomic E-state index is 9.11. The third kappa shape index (κ3) is 5.95. The summed E-state index contributed by atoms with van der Waals surface area (Å²) in [6.45, 7) is 4.55. The number of ether oxygens (including phenoxy) is 4. The minimum Gasteiger partial charge on any atom is -0.497 e. The predicted octanol–water partition coefficient (Wildman–Crippen LogP) is 4.65. The summed E-state index contributed by atoms with van der Waals surface area (Å²) in [5.74, 6) is 0.0112. The van der Waals surface area contributed by atoms with Gasteiger partial charge >= 0.3 is 0 Å². The fourth-order valence-electron chi connectivity index (χ4n) is 3.48. The molecule has 0 radical (unpaired) electrons. The average Bonchev–Trinajstić information content (AvgIpc) is 3.03. The molecule has 1 aliphatic rings. The van der Waals surface area contributed by atoms with E-state index in [0.717, 1.165) is 16.9 Å². The van der Waals surface area contributed by atoms with E-state index in [4.69, 9.17) is 24.5 Å². The molecule has 1 saturated heterocycles. The normalized spacial score (nSPS) is 21.3. The van der Waals surface area contributed by atoms with E-state index in [9.17, 15) is 0 Å². The Kier molecular flexibility index (Phi) is 7.12. The van der Waals surface area contributed by atoms with Gasteiger partial charge in [-0.15, -0.1) is 0 Å². The van der Waals surface area contributed by atoms with E-state index in [1.807, 2.05) is 68.4 Å². The van der Waals surface area contributed by atoms with Crippen LogP contribution >= 0.6 is 0 Å². The second-order valence-corrected chi connectivity index (χ2v) is 7.46. The lowest BCUT2D eigenvalue weighted by atomic mass is 9.98. The van der Waals surface area contributed by atoms with Crippen LogP contribution in [-0.2, 0) is 27.2 Å². The van der Waals surface area contributed by atoms with E-state index in [2.05, 4.69) is 10.0 Å². The maximum Gasteiger partial charge on any atom is 0.163 e. The topological polar surface area (TPSA) is 85.7 Å². The molecule has 7 nitrogen and oxygen atoms in total. The summed E-state index contributed by atoms with van der Waals surface area (Å²) in [7, 11) is 1.63. The monoisotopic (exact) mass is 397 g/mol. The van der Waals surface area contributed by atoms with Crippen LogP contribution in [-0.4, -0.2) is 37.8 Å². The van der Waals surface area contributed by atoms with Crippen LogP contribution in [0.3, 0.4) is 0 Å². The Bertz CT molecular complexity index is 820. The van der Waals surface area contributed by atoms with Crippen molar-refractivity contribution < 1.29 is 18.9 Å². The molecule has 0 aromatic heterocycles. The zero-order valence-corrected chi connectivity index (χ0v) is 17.0. The molecule has 0 amide bonds. The van der Waals surface area contributed by atoms with Crippen molar-refractivity contribution in [3.63, 3.8) is 0 Å². The highest BCUT2D eigenvalue weighted by Gasteiger charge is 2.45. The largest absolute Gasteiger partial charge is 0.497 e. The van der Waals surface area contributed by atoms with E-state index >= 15 is 0 Å². The molecule has 0 spiro atoms. The molecule has 0 saturated carbocycles.